The number of methoxy groups -OCH3 is 2. The normalized spacial score (nSPS) is 10.8. The Morgan fingerprint density at radius 1 is 1.12 bits per heavy atom. The van der Waals surface area contributed by atoms with Crippen molar-refractivity contribution in [1.82, 2.24) is 4.90 Å². The largest absolute Gasteiger partial charge is 0.463 e. The monoisotopic (exact) mass is 235 g/mol. The number of hydrogen-bond acceptors (Lipinski definition) is 6. The predicted molar refractivity (Wildman–Crippen MR) is 58.2 cm³/mol. The van der Waals surface area contributed by atoms with E-state index in [2.05, 4.69) is 4.74 Å². The van der Waals surface area contributed by atoms with Crippen LogP contribution in [0.25, 0.3) is 0 Å². The molecule has 0 amide bonds. The number of likely N-dealkylation sites (N-methyl/N-ethyl adjacent to an activating group) is 1. The number of esters is 1. The highest BCUT2D eigenvalue weighted by Gasteiger charge is 2.03. The van der Waals surface area contributed by atoms with Crippen LogP contribution in [0.4, 0.5) is 0 Å². The number of rotatable bonds is 10. The summed E-state index contributed by atoms with van der Waals surface area (Å²) in [5.41, 5.74) is 0. The van der Waals surface area contributed by atoms with Crippen LogP contribution in [0.15, 0.2) is 0 Å². The molecule has 0 atom stereocenters. The van der Waals surface area contributed by atoms with Crippen LogP contribution in [0, 0.1) is 0 Å². The van der Waals surface area contributed by atoms with E-state index in [-0.39, 0.29) is 12.6 Å². The zero-order valence-corrected chi connectivity index (χ0v) is 10.2. The van der Waals surface area contributed by atoms with Gasteiger partial charge in [-0.15, -0.1) is 0 Å². The van der Waals surface area contributed by atoms with E-state index in [9.17, 15) is 4.79 Å². The average Bonchev–Trinajstić information content (AvgIpc) is 2.25. The van der Waals surface area contributed by atoms with Gasteiger partial charge in [0.25, 0.3) is 0 Å². The topological polar surface area (TPSA) is 57.2 Å². The minimum Gasteiger partial charge on any atom is -0.463 e. The third-order valence-corrected chi connectivity index (χ3v) is 1.82. The van der Waals surface area contributed by atoms with Crippen molar-refractivity contribution in [2.45, 2.75) is 0 Å². The van der Waals surface area contributed by atoms with Gasteiger partial charge in [0.2, 0.25) is 0 Å². The summed E-state index contributed by atoms with van der Waals surface area (Å²) in [5.74, 6) is -0.341. The van der Waals surface area contributed by atoms with Crippen LogP contribution in [0.3, 0.4) is 0 Å². The molecule has 6 nitrogen and oxygen atoms in total. The van der Waals surface area contributed by atoms with E-state index >= 15 is 0 Å². The van der Waals surface area contributed by atoms with Crippen LogP contribution in [-0.4, -0.2) is 71.8 Å². The van der Waals surface area contributed by atoms with Crippen molar-refractivity contribution in [1.29, 1.82) is 0 Å². The van der Waals surface area contributed by atoms with Gasteiger partial charge in [-0.25, -0.2) is 4.79 Å². The molecule has 0 radical (unpaired) electrons. The van der Waals surface area contributed by atoms with E-state index in [4.69, 9.17) is 14.2 Å². The van der Waals surface area contributed by atoms with Crippen LogP contribution >= 0.6 is 0 Å². The summed E-state index contributed by atoms with van der Waals surface area (Å²) in [7, 11) is 4.97. The van der Waals surface area contributed by atoms with E-state index in [1.165, 1.54) is 7.11 Å². The van der Waals surface area contributed by atoms with Crippen molar-refractivity contribution >= 4 is 5.97 Å². The Balaban J connectivity index is 3.29. The first-order valence-corrected chi connectivity index (χ1v) is 5.10. The third kappa shape index (κ3) is 9.85. The molecule has 0 saturated heterocycles. The number of ether oxygens (including phenoxy) is 4. The van der Waals surface area contributed by atoms with Crippen LogP contribution in [0.1, 0.15) is 0 Å². The Morgan fingerprint density at radius 3 is 2.44 bits per heavy atom. The second-order valence-electron chi connectivity index (χ2n) is 3.27. The van der Waals surface area contributed by atoms with Crippen molar-refractivity contribution in [3.63, 3.8) is 0 Å². The van der Waals surface area contributed by atoms with Crippen molar-refractivity contribution in [2.75, 3.05) is 61.0 Å². The highest BCUT2D eigenvalue weighted by molar-refractivity contribution is 5.70. The summed E-state index contributed by atoms with van der Waals surface area (Å²) >= 11 is 0. The van der Waals surface area contributed by atoms with E-state index in [0.29, 0.717) is 26.6 Å². The summed E-state index contributed by atoms with van der Waals surface area (Å²) in [6.07, 6.45) is 0. The fraction of sp³-hybridized carbons (Fsp3) is 0.900. The summed E-state index contributed by atoms with van der Waals surface area (Å²) < 4.78 is 19.4. The Kier molecular flexibility index (Phi) is 10.3. The number of nitrogens with zero attached hydrogens (tertiary/aromatic N) is 1. The van der Waals surface area contributed by atoms with Crippen LogP contribution in [-0.2, 0) is 23.7 Å². The lowest BCUT2D eigenvalue weighted by Crippen LogP contribution is -2.28. The van der Waals surface area contributed by atoms with Crippen LogP contribution < -0.4 is 0 Å². The van der Waals surface area contributed by atoms with Gasteiger partial charge in [0.1, 0.15) is 20.0 Å². The van der Waals surface area contributed by atoms with Gasteiger partial charge < -0.3 is 23.8 Å². The molecule has 0 heterocycles. The quantitative estimate of drug-likeness (QED) is 0.295. The Bertz CT molecular complexity index is 177. The molecule has 6 heteroatoms. The maximum atomic E-state index is 10.9. The average molecular weight is 235 g/mol. The van der Waals surface area contributed by atoms with Gasteiger partial charge >= 0.3 is 5.97 Å². The summed E-state index contributed by atoms with van der Waals surface area (Å²) in [4.78, 5) is 12.9. The Labute approximate surface area is 96.4 Å². The van der Waals surface area contributed by atoms with E-state index in [1.54, 1.807) is 7.11 Å². The van der Waals surface area contributed by atoms with Gasteiger partial charge in [-0.2, -0.15) is 0 Å². The molecule has 0 saturated carbocycles. The van der Waals surface area contributed by atoms with Crippen molar-refractivity contribution in [3.8, 4) is 0 Å². The zero-order valence-electron chi connectivity index (χ0n) is 10.2. The van der Waals surface area contributed by atoms with E-state index < -0.39 is 0 Å². The highest BCUT2D eigenvalue weighted by Crippen LogP contribution is 1.86. The molecule has 0 aliphatic rings. The second-order valence-corrected chi connectivity index (χ2v) is 3.27. The molecule has 0 aromatic heterocycles. The first-order valence-electron chi connectivity index (χ1n) is 5.10. The lowest BCUT2D eigenvalue weighted by molar-refractivity contribution is -0.148. The molecule has 0 rings (SSSR count). The number of carbonyl (C=O) groups excluding carboxylic acids is 1. The molecule has 0 aliphatic carbocycles. The van der Waals surface area contributed by atoms with Crippen LogP contribution in [0.5, 0.6) is 0 Å². The molecule has 16 heavy (non-hydrogen) atoms. The smallest absolute Gasteiger partial charge is 0.332 e. The highest BCUT2D eigenvalue weighted by atomic mass is 16.7. The molecule has 0 unspecified atom stereocenters. The lowest BCUT2D eigenvalue weighted by atomic mass is 10.5. The minimum atomic E-state index is -0.341. The zero-order chi connectivity index (χ0) is 12.2. The molecule has 0 aliphatic heterocycles. The third-order valence-electron chi connectivity index (χ3n) is 1.82. The Morgan fingerprint density at radius 2 is 1.81 bits per heavy atom. The summed E-state index contributed by atoms with van der Waals surface area (Å²) in [6, 6.07) is 0. The van der Waals surface area contributed by atoms with Gasteiger partial charge in [0, 0.05) is 27.3 Å². The molecule has 0 aromatic carbocycles. The van der Waals surface area contributed by atoms with Crippen molar-refractivity contribution in [3.05, 3.63) is 0 Å². The molecule has 96 valence electrons. The molecule has 0 fully saturated rings. The molecular weight excluding hydrogens is 214 g/mol. The number of carbonyl (C=O) groups is 1. The van der Waals surface area contributed by atoms with Gasteiger partial charge in [0.05, 0.1) is 6.61 Å². The van der Waals surface area contributed by atoms with Gasteiger partial charge in [0.15, 0.2) is 0 Å². The van der Waals surface area contributed by atoms with Crippen molar-refractivity contribution in [2.24, 2.45) is 0 Å². The van der Waals surface area contributed by atoms with E-state index in [0.717, 1.165) is 6.54 Å². The first-order chi connectivity index (χ1) is 7.70. The first kappa shape index (κ1) is 15.3. The fourth-order valence-corrected chi connectivity index (χ4v) is 0.949. The SMILES string of the molecule is COCOCCN(C)CCOC(=O)COC. The van der Waals surface area contributed by atoms with Gasteiger partial charge in [-0.05, 0) is 7.05 Å². The standard InChI is InChI=1S/C10H21NO5/c1-11(4-6-15-9-14-3)5-7-16-10(12)8-13-2/h4-9H2,1-3H3. The van der Waals surface area contributed by atoms with Gasteiger partial charge in [-0.1, -0.05) is 0 Å². The summed E-state index contributed by atoms with van der Waals surface area (Å²) in [5, 5.41) is 0. The van der Waals surface area contributed by atoms with Crippen LogP contribution in [0.2, 0.25) is 0 Å². The maximum absolute atomic E-state index is 10.9. The second kappa shape index (κ2) is 10.8. The molecule has 0 N–H and O–H groups in total. The van der Waals surface area contributed by atoms with Gasteiger partial charge in [-0.3, -0.25) is 0 Å². The molecule has 0 aromatic rings. The summed E-state index contributed by atoms with van der Waals surface area (Å²) in [6.45, 7) is 2.70. The Hall–Kier alpha value is -0.690. The predicted octanol–water partition coefficient (Wildman–Crippen LogP) is -0.272. The molecule has 0 spiro atoms. The van der Waals surface area contributed by atoms with Crippen molar-refractivity contribution < 1.29 is 23.7 Å². The number of hydrogen-bond donors (Lipinski definition) is 0. The molecule has 0 bridgehead atoms. The minimum absolute atomic E-state index is 0.000659. The fourth-order valence-electron chi connectivity index (χ4n) is 0.949. The lowest BCUT2D eigenvalue weighted by Gasteiger charge is -2.16. The van der Waals surface area contributed by atoms with E-state index in [1.807, 2.05) is 11.9 Å². The maximum Gasteiger partial charge on any atom is 0.332 e. The molecular formula is C10H21NO5.